The van der Waals surface area contributed by atoms with Gasteiger partial charge in [-0.25, -0.2) is 4.79 Å². The van der Waals surface area contributed by atoms with E-state index in [1.807, 2.05) is 0 Å². The van der Waals surface area contributed by atoms with E-state index in [1.54, 1.807) is 12.1 Å². The van der Waals surface area contributed by atoms with Gasteiger partial charge in [0.2, 0.25) is 0 Å². The molecule has 0 unspecified atom stereocenters. The Hall–Kier alpha value is -1.99. The van der Waals surface area contributed by atoms with Gasteiger partial charge in [-0.1, -0.05) is 0 Å². The number of benzene rings is 1. The predicted octanol–water partition coefficient (Wildman–Crippen LogP) is 2.43. The van der Waals surface area contributed by atoms with Gasteiger partial charge in [-0.3, -0.25) is 4.79 Å². The fraction of sp³-hybridized carbons (Fsp3) is 0.556. The Morgan fingerprint density at radius 1 is 1.15 bits per heavy atom. The van der Waals surface area contributed by atoms with Gasteiger partial charge in [0.25, 0.3) is 0 Å². The van der Waals surface area contributed by atoms with Crippen molar-refractivity contribution >= 4 is 24.3 Å². The lowest BCUT2D eigenvalue weighted by Gasteiger charge is -2.41. The number of rotatable bonds is 5. The predicted molar refractivity (Wildman–Crippen MR) is 96.5 cm³/mol. The molecular weight excluding hydrogens is 362 g/mol. The third-order valence-electron chi connectivity index (χ3n) is 5.27. The van der Waals surface area contributed by atoms with E-state index in [1.165, 1.54) is 13.2 Å². The number of methoxy groups -OCH3 is 1. The summed E-state index contributed by atoms with van der Waals surface area (Å²) >= 11 is 0. The number of ether oxygens (including phenoxy) is 2. The van der Waals surface area contributed by atoms with Gasteiger partial charge in [0.05, 0.1) is 13.2 Å². The second-order valence-electron chi connectivity index (χ2n) is 6.78. The van der Waals surface area contributed by atoms with Crippen LogP contribution >= 0.6 is 12.4 Å². The number of aliphatic carboxylic acids is 1. The van der Waals surface area contributed by atoms with E-state index in [2.05, 4.69) is 5.32 Å². The highest BCUT2D eigenvalue weighted by Crippen LogP contribution is 2.38. The molecule has 0 radical (unpaired) electrons. The number of fused-ring (bicyclic) bond motifs is 1. The van der Waals surface area contributed by atoms with Crippen molar-refractivity contribution in [3.63, 3.8) is 0 Å². The van der Waals surface area contributed by atoms with Crippen molar-refractivity contribution in [3.8, 4) is 11.5 Å². The van der Waals surface area contributed by atoms with Crippen LogP contribution in [-0.2, 0) is 4.79 Å². The van der Waals surface area contributed by atoms with Crippen LogP contribution in [0.5, 0.6) is 11.5 Å². The van der Waals surface area contributed by atoms with Crippen molar-refractivity contribution in [2.75, 3.05) is 13.7 Å². The molecule has 1 heterocycles. The highest BCUT2D eigenvalue weighted by atomic mass is 35.5. The maximum atomic E-state index is 11.4. The largest absolute Gasteiger partial charge is 0.497 e. The van der Waals surface area contributed by atoms with Gasteiger partial charge >= 0.3 is 11.9 Å². The van der Waals surface area contributed by atoms with Crippen LogP contribution in [0.15, 0.2) is 18.2 Å². The molecule has 3 rings (SSSR count). The number of carboxylic acid groups (broad SMARTS) is 2. The minimum absolute atomic E-state index is 0. The Morgan fingerprint density at radius 2 is 1.92 bits per heavy atom. The van der Waals surface area contributed by atoms with Crippen LogP contribution in [0.25, 0.3) is 0 Å². The molecule has 1 aromatic carbocycles. The molecule has 0 bridgehead atoms. The maximum Gasteiger partial charge on any atom is 0.339 e. The SMILES string of the molecule is COc1ccc(C(=O)O)c(O[C@H]2CC[C@H]3CN[C@H](C(=O)O)C[C@H]3C2)c1.Cl. The highest BCUT2D eigenvalue weighted by molar-refractivity contribution is 5.91. The minimum atomic E-state index is -1.04. The van der Waals surface area contributed by atoms with Crippen LogP contribution in [0.3, 0.4) is 0 Å². The van der Waals surface area contributed by atoms with Crippen molar-refractivity contribution in [1.29, 1.82) is 0 Å². The molecule has 0 spiro atoms. The van der Waals surface area contributed by atoms with Crippen LogP contribution in [-0.4, -0.2) is 48.0 Å². The molecule has 1 saturated heterocycles. The molecule has 2 fully saturated rings. The average Bonchev–Trinajstić information content (AvgIpc) is 2.60. The van der Waals surface area contributed by atoms with Crippen LogP contribution in [0, 0.1) is 11.8 Å². The topological polar surface area (TPSA) is 105 Å². The normalized spacial score (nSPS) is 27.6. The van der Waals surface area contributed by atoms with Crippen molar-refractivity contribution in [2.24, 2.45) is 11.8 Å². The summed E-state index contributed by atoms with van der Waals surface area (Å²) in [5, 5.41) is 21.6. The fourth-order valence-corrected chi connectivity index (χ4v) is 3.90. The number of hydrogen-bond donors (Lipinski definition) is 3. The molecule has 1 aliphatic carbocycles. The Balaban J connectivity index is 0.00000243. The van der Waals surface area contributed by atoms with Crippen molar-refractivity contribution in [1.82, 2.24) is 5.32 Å². The minimum Gasteiger partial charge on any atom is -0.497 e. The molecule has 1 aromatic rings. The number of carboxylic acids is 2. The van der Waals surface area contributed by atoms with E-state index in [0.717, 1.165) is 19.3 Å². The molecule has 4 atom stereocenters. The first-order valence-corrected chi connectivity index (χ1v) is 8.52. The number of carbonyl (C=O) groups is 2. The summed E-state index contributed by atoms with van der Waals surface area (Å²) in [5.41, 5.74) is 0.108. The quantitative estimate of drug-likeness (QED) is 0.714. The van der Waals surface area contributed by atoms with Crippen molar-refractivity contribution < 1.29 is 29.3 Å². The lowest BCUT2D eigenvalue weighted by Crippen LogP contribution is -2.50. The van der Waals surface area contributed by atoms with E-state index in [0.29, 0.717) is 30.4 Å². The standard InChI is InChI=1S/C18H23NO6.ClH/c1-24-12-4-5-14(17(20)21)16(8-12)25-13-3-2-10-9-19-15(18(22)23)7-11(10)6-13;/h4-5,8,10-11,13,15,19H,2-3,6-7,9H2,1H3,(H,20,21)(H,22,23);1H/t10-,11+,13-,15-;/m0./s1. The molecule has 2 aliphatic rings. The summed E-state index contributed by atoms with van der Waals surface area (Å²) < 4.78 is 11.2. The number of hydrogen-bond acceptors (Lipinski definition) is 5. The summed E-state index contributed by atoms with van der Waals surface area (Å²) in [6, 6.07) is 4.16. The van der Waals surface area contributed by atoms with E-state index in [9.17, 15) is 19.8 Å². The van der Waals surface area contributed by atoms with Gasteiger partial charge in [0, 0.05) is 6.07 Å². The third-order valence-corrected chi connectivity index (χ3v) is 5.27. The first-order chi connectivity index (χ1) is 12.0. The van der Waals surface area contributed by atoms with Gasteiger partial charge in [-0.05, 0) is 56.2 Å². The molecule has 26 heavy (non-hydrogen) atoms. The first-order valence-electron chi connectivity index (χ1n) is 8.52. The van der Waals surface area contributed by atoms with E-state index >= 15 is 0 Å². The monoisotopic (exact) mass is 385 g/mol. The van der Waals surface area contributed by atoms with Crippen molar-refractivity contribution in [3.05, 3.63) is 23.8 Å². The Labute approximate surface area is 158 Å². The highest BCUT2D eigenvalue weighted by Gasteiger charge is 2.38. The Morgan fingerprint density at radius 3 is 2.58 bits per heavy atom. The zero-order chi connectivity index (χ0) is 18.0. The van der Waals surface area contributed by atoms with Gasteiger partial charge in [0.1, 0.15) is 23.1 Å². The van der Waals surface area contributed by atoms with Crippen LogP contribution in [0.4, 0.5) is 0 Å². The maximum absolute atomic E-state index is 11.4. The Bertz CT molecular complexity index is 667. The van der Waals surface area contributed by atoms with Crippen LogP contribution in [0.1, 0.15) is 36.0 Å². The number of halogens is 1. The summed E-state index contributed by atoms with van der Waals surface area (Å²) in [5.74, 6) is -0.276. The van der Waals surface area contributed by atoms with E-state index in [4.69, 9.17) is 9.47 Å². The molecule has 0 amide bonds. The summed E-state index contributed by atoms with van der Waals surface area (Å²) in [4.78, 5) is 22.6. The third kappa shape index (κ3) is 4.40. The summed E-state index contributed by atoms with van der Waals surface area (Å²) in [6.07, 6.45) is 2.99. The lowest BCUT2D eigenvalue weighted by atomic mass is 9.72. The number of nitrogens with one attached hydrogen (secondary N) is 1. The zero-order valence-electron chi connectivity index (χ0n) is 14.5. The fourth-order valence-electron chi connectivity index (χ4n) is 3.90. The second-order valence-corrected chi connectivity index (χ2v) is 6.78. The van der Waals surface area contributed by atoms with Gasteiger partial charge < -0.3 is 25.0 Å². The van der Waals surface area contributed by atoms with Gasteiger partial charge in [0.15, 0.2) is 0 Å². The van der Waals surface area contributed by atoms with E-state index < -0.39 is 18.0 Å². The van der Waals surface area contributed by atoms with E-state index in [-0.39, 0.29) is 30.0 Å². The molecule has 8 heteroatoms. The molecular formula is C18H24ClNO6. The number of piperidine rings is 1. The number of aromatic carboxylic acids is 1. The smallest absolute Gasteiger partial charge is 0.339 e. The molecule has 1 aliphatic heterocycles. The molecule has 0 aromatic heterocycles. The van der Waals surface area contributed by atoms with Gasteiger partial charge in [-0.15, -0.1) is 12.4 Å². The average molecular weight is 386 g/mol. The van der Waals surface area contributed by atoms with Crippen LogP contribution < -0.4 is 14.8 Å². The van der Waals surface area contributed by atoms with Gasteiger partial charge in [-0.2, -0.15) is 0 Å². The Kier molecular flexibility index (Phi) is 6.72. The van der Waals surface area contributed by atoms with Crippen LogP contribution in [0.2, 0.25) is 0 Å². The summed E-state index contributed by atoms with van der Waals surface area (Å²) in [6.45, 7) is 0.716. The second kappa shape index (κ2) is 8.60. The van der Waals surface area contributed by atoms with Crippen molar-refractivity contribution in [2.45, 2.75) is 37.8 Å². The molecule has 1 saturated carbocycles. The molecule has 3 N–H and O–H groups in total. The molecule has 144 valence electrons. The first kappa shape index (κ1) is 20.3. The zero-order valence-corrected chi connectivity index (χ0v) is 15.3. The molecule has 7 nitrogen and oxygen atoms in total. The lowest BCUT2D eigenvalue weighted by molar-refractivity contribution is -0.141. The summed E-state index contributed by atoms with van der Waals surface area (Å²) in [7, 11) is 1.52.